The van der Waals surface area contributed by atoms with E-state index in [1.807, 2.05) is 19.9 Å². The Hall–Kier alpha value is -0.170. The summed E-state index contributed by atoms with van der Waals surface area (Å²) >= 11 is 12.5. The highest BCUT2D eigenvalue weighted by Crippen LogP contribution is 2.44. The van der Waals surface area contributed by atoms with Crippen molar-refractivity contribution in [3.05, 3.63) is 48.5 Å². The van der Waals surface area contributed by atoms with Crippen LogP contribution < -0.4 is 5.32 Å². The lowest BCUT2D eigenvalue weighted by Crippen LogP contribution is -2.26. The molecule has 1 atom stereocenters. The molecule has 0 radical (unpaired) electrons. The minimum absolute atomic E-state index is 0.0578. The molecule has 0 bridgehead atoms. The smallest absolute Gasteiger partial charge is 0.234 e. The van der Waals surface area contributed by atoms with Crippen LogP contribution in [0.4, 0.5) is 5.69 Å². The first-order valence-electron chi connectivity index (χ1n) is 6.35. The van der Waals surface area contributed by atoms with Crippen LogP contribution in [0.2, 0.25) is 0 Å². The standard InChI is InChI=1S/C15H12Br3NOS/c1-15(2)8-5-7(3-4-10(8)19-14(15)20)12(17)11-6-9(16)13(18)21-11/h3-6,12H,1-2H3,(H,19,20). The second kappa shape index (κ2) is 5.48. The second-order valence-electron chi connectivity index (χ2n) is 5.52. The van der Waals surface area contributed by atoms with Gasteiger partial charge in [-0.1, -0.05) is 28.1 Å². The Kier molecular flexibility index (Phi) is 4.10. The molecule has 3 rings (SSSR count). The molecule has 1 aromatic carbocycles. The van der Waals surface area contributed by atoms with Gasteiger partial charge in [0.25, 0.3) is 0 Å². The van der Waals surface area contributed by atoms with E-state index in [9.17, 15) is 4.79 Å². The Bertz CT molecular complexity index is 719. The van der Waals surface area contributed by atoms with Gasteiger partial charge in [0.1, 0.15) is 0 Å². The number of carbonyl (C=O) groups excluding carboxylic acids is 1. The first-order chi connectivity index (χ1) is 9.80. The molecular weight excluding hydrogens is 482 g/mol. The summed E-state index contributed by atoms with van der Waals surface area (Å²) in [6.07, 6.45) is 0. The van der Waals surface area contributed by atoms with Crippen molar-refractivity contribution < 1.29 is 4.79 Å². The van der Waals surface area contributed by atoms with Gasteiger partial charge in [0.15, 0.2) is 0 Å². The molecule has 1 aromatic heterocycles. The van der Waals surface area contributed by atoms with Gasteiger partial charge in [-0.05, 0) is 69.0 Å². The summed E-state index contributed by atoms with van der Waals surface area (Å²) in [5, 5.41) is 2.94. The van der Waals surface area contributed by atoms with Crippen molar-refractivity contribution in [2.45, 2.75) is 24.1 Å². The zero-order valence-corrected chi connectivity index (χ0v) is 16.9. The van der Waals surface area contributed by atoms with Gasteiger partial charge >= 0.3 is 0 Å². The van der Waals surface area contributed by atoms with Crippen LogP contribution in [0, 0.1) is 0 Å². The number of rotatable bonds is 2. The molecule has 0 fully saturated rings. The highest BCUT2D eigenvalue weighted by molar-refractivity contribution is 9.13. The summed E-state index contributed by atoms with van der Waals surface area (Å²) in [7, 11) is 0. The molecule has 1 unspecified atom stereocenters. The van der Waals surface area contributed by atoms with E-state index in [0.717, 1.165) is 25.1 Å². The summed E-state index contributed by atoms with van der Waals surface area (Å²) in [4.78, 5) is 13.3. The topological polar surface area (TPSA) is 29.1 Å². The number of carbonyl (C=O) groups is 1. The van der Waals surface area contributed by atoms with Crippen LogP contribution in [-0.4, -0.2) is 5.91 Å². The Labute approximate surface area is 152 Å². The van der Waals surface area contributed by atoms with Crippen molar-refractivity contribution in [2.24, 2.45) is 0 Å². The van der Waals surface area contributed by atoms with Crippen molar-refractivity contribution >= 4 is 70.7 Å². The minimum atomic E-state index is -0.478. The van der Waals surface area contributed by atoms with E-state index < -0.39 is 5.41 Å². The Morgan fingerprint density at radius 3 is 2.57 bits per heavy atom. The molecule has 110 valence electrons. The summed E-state index contributed by atoms with van der Waals surface area (Å²) < 4.78 is 2.14. The largest absolute Gasteiger partial charge is 0.325 e. The summed E-state index contributed by atoms with van der Waals surface area (Å²) in [6, 6.07) is 8.27. The zero-order chi connectivity index (χ0) is 15.4. The number of hydrogen-bond donors (Lipinski definition) is 1. The van der Waals surface area contributed by atoms with Crippen molar-refractivity contribution in [3.63, 3.8) is 0 Å². The van der Waals surface area contributed by atoms with Gasteiger partial charge < -0.3 is 5.32 Å². The Balaban J connectivity index is 2.02. The van der Waals surface area contributed by atoms with Crippen LogP contribution in [0.1, 0.15) is 34.7 Å². The molecule has 1 amide bonds. The van der Waals surface area contributed by atoms with Gasteiger partial charge in [-0.2, -0.15) is 0 Å². The summed E-state index contributed by atoms with van der Waals surface area (Å²) in [6.45, 7) is 3.92. The van der Waals surface area contributed by atoms with E-state index in [1.165, 1.54) is 4.88 Å². The number of alkyl halides is 1. The number of hydrogen-bond acceptors (Lipinski definition) is 2. The molecule has 1 aliphatic heterocycles. The molecule has 0 aliphatic carbocycles. The van der Waals surface area contributed by atoms with Crippen LogP contribution in [0.5, 0.6) is 0 Å². The van der Waals surface area contributed by atoms with Gasteiger partial charge in [0.2, 0.25) is 5.91 Å². The van der Waals surface area contributed by atoms with Crippen LogP contribution in [0.15, 0.2) is 32.5 Å². The third kappa shape index (κ3) is 2.64. The number of benzene rings is 1. The molecule has 1 N–H and O–H groups in total. The fourth-order valence-electron chi connectivity index (χ4n) is 2.40. The van der Waals surface area contributed by atoms with Crippen LogP contribution >= 0.6 is 59.1 Å². The average molecular weight is 494 g/mol. The van der Waals surface area contributed by atoms with E-state index in [4.69, 9.17) is 0 Å². The predicted octanol–water partition coefficient (Wildman–Crippen LogP) is 5.99. The zero-order valence-electron chi connectivity index (χ0n) is 11.3. The number of nitrogens with one attached hydrogen (secondary N) is 1. The molecule has 6 heteroatoms. The lowest BCUT2D eigenvalue weighted by Gasteiger charge is -2.17. The SMILES string of the molecule is CC1(C)C(=O)Nc2ccc(C(Br)c3cc(Br)c(Br)s3)cc21. The molecule has 21 heavy (non-hydrogen) atoms. The fourth-order valence-corrected chi connectivity index (χ4v) is 5.19. The number of anilines is 1. The second-order valence-corrected chi connectivity index (χ2v) is 9.69. The van der Waals surface area contributed by atoms with E-state index in [1.54, 1.807) is 11.3 Å². The molecule has 2 heterocycles. The normalized spacial score (nSPS) is 17.5. The summed E-state index contributed by atoms with van der Waals surface area (Å²) in [5.41, 5.74) is 2.65. The van der Waals surface area contributed by atoms with Crippen molar-refractivity contribution in [1.29, 1.82) is 0 Å². The maximum atomic E-state index is 12.0. The van der Waals surface area contributed by atoms with Crippen molar-refractivity contribution in [2.75, 3.05) is 5.32 Å². The van der Waals surface area contributed by atoms with Crippen LogP contribution in [0.3, 0.4) is 0 Å². The summed E-state index contributed by atoms with van der Waals surface area (Å²) in [5.74, 6) is 0.0578. The van der Waals surface area contributed by atoms with Crippen LogP contribution in [-0.2, 0) is 10.2 Å². The Morgan fingerprint density at radius 1 is 1.24 bits per heavy atom. The van der Waals surface area contributed by atoms with Crippen molar-refractivity contribution in [3.8, 4) is 0 Å². The first-order valence-corrected chi connectivity index (χ1v) is 9.67. The van der Waals surface area contributed by atoms with Gasteiger partial charge in [-0.3, -0.25) is 4.79 Å². The molecule has 2 nitrogen and oxygen atoms in total. The van der Waals surface area contributed by atoms with E-state index in [2.05, 4.69) is 71.3 Å². The number of thiophene rings is 1. The molecular formula is C15H12Br3NOS. The predicted molar refractivity (Wildman–Crippen MR) is 98.6 cm³/mol. The maximum Gasteiger partial charge on any atom is 0.234 e. The van der Waals surface area contributed by atoms with Gasteiger partial charge in [0, 0.05) is 15.0 Å². The Morgan fingerprint density at radius 2 is 1.95 bits per heavy atom. The number of halogens is 3. The average Bonchev–Trinajstić information content (AvgIpc) is 2.88. The van der Waals surface area contributed by atoms with E-state index in [-0.39, 0.29) is 10.7 Å². The van der Waals surface area contributed by atoms with Crippen LogP contribution in [0.25, 0.3) is 0 Å². The molecule has 0 saturated heterocycles. The molecule has 0 spiro atoms. The number of amides is 1. The first kappa shape index (κ1) is 15.7. The third-order valence-corrected chi connectivity index (χ3v) is 8.39. The lowest BCUT2D eigenvalue weighted by atomic mass is 9.85. The van der Waals surface area contributed by atoms with E-state index >= 15 is 0 Å². The highest BCUT2D eigenvalue weighted by Gasteiger charge is 2.38. The number of fused-ring (bicyclic) bond motifs is 1. The van der Waals surface area contributed by atoms with Gasteiger partial charge in [-0.15, -0.1) is 11.3 Å². The minimum Gasteiger partial charge on any atom is -0.325 e. The fraction of sp³-hybridized carbons (Fsp3) is 0.267. The van der Waals surface area contributed by atoms with E-state index in [0.29, 0.717) is 0 Å². The van der Waals surface area contributed by atoms with Crippen molar-refractivity contribution in [1.82, 2.24) is 0 Å². The third-order valence-electron chi connectivity index (χ3n) is 3.74. The molecule has 2 aromatic rings. The van der Waals surface area contributed by atoms with Gasteiger partial charge in [0.05, 0.1) is 14.0 Å². The quantitative estimate of drug-likeness (QED) is 0.512. The molecule has 0 saturated carbocycles. The maximum absolute atomic E-state index is 12.0. The lowest BCUT2D eigenvalue weighted by molar-refractivity contribution is -0.119. The molecule has 1 aliphatic rings. The monoisotopic (exact) mass is 491 g/mol. The highest BCUT2D eigenvalue weighted by atomic mass is 79.9. The van der Waals surface area contributed by atoms with Gasteiger partial charge in [-0.25, -0.2) is 0 Å².